The van der Waals surface area contributed by atoms with E-state index in [0.717, 1.165) is 16.5 Å². The van der Waals surface area contributed by atoms with Crippen molar-refractivity contribution >= 4 is 39.1 Å². The zero-order valence-electron chi connectivity index (χ0n) is 19.7. The van der Waals surface area contributed by atoms with Gasteiger partial charge in [0.1, 0.15) is 17.3 Å². The third-order valence-corrected chi connectivity index (χ3v) is 6.77. The molecule has 0 saturated carbocycles. The smallest absolute Gasteiger partial charge is 0.300 e. The SMILES string of the molecule is CCCOc1ccc(C2/C(=C(\O)c3ccc(Br)c(C)c3)C(=O)C(=O)N2c2cccc(OC)c2)cc1. The number of hydrogen-bond donors (Lipinski definition) is 1. The van der Waals surface area contributed by atoms with E-state index in [1.54, 1.807) is 54.6 Å². The summed E-state index contributed by atoms with van der Waals surface area (Å²) in [4.78, 5) is 28.1. The van der Waals surface area contributed by atoms with Crippen LogP contribution in [0.15, 0.2) is 76.8 Å². The molecule has 0 radical (unpaired) electrons. The number of hydrogen-bond acceptors (Lipinski definition) is 5. The Balaban J connectivity index is 1.89. The summed E-state index contributed by atoms with van der Waals surface area (Å²) in [5.74, 6) is -0.444. The predicted molar refractivity (Wildman–Crippen MR) is 139 cm³/mol. The minimum Gasteiger partial charge on any atom is -0.507 e. The molecule has 1 unspecified atom stereocenters. The Morgan fingerprint density at radius 1 is 1.03 bits per heavy atom. The Hall–Kier alpha value is -3.58. The van der Waals surface area contributed by atoms with Gasteiger partial charge < -0.3 is 14.6 Å². The van der Waals surface area contributed by atoms with Crippen molar-refractivity contribution in [2.45, 2.75) is 26.3 Å². The molecule has 180 valence electrons. The number of anilines is 1. The Morgan fingerprint density at radius 3 is 2.43 bits per heavy atom. The molecule has 1 N–H and O–H groups in total. The number of carbonyl (C=O) groups is 2. The van der Waals surface area contributed by atoms with E-state index in [1.165, 1.54) is 12.0 Å². The number of aliphatic hydroxyl groups excluding tert-OH is 1. The molecular formula is C28H26BrNO5. The van der Waals surface area contributed by atoms with Gasteiger partial charge in [0.15, 0.2) is 0 Å². The van der Waals surface area contributed by atoms with E-state index >= 15 is 0 Å². The van der Waals surface area contributed by atoms with E-state index in [1.807, 2.05) is 26.0 Å². The van der Waals surface area contributed by atoms with Gasteiger partial charge in [-0.2, -0.15) is 0 Å². The van der Waals surface area contributed by atoms with Gasteiger partial charge in [0.05, 0.1) is 25.3 Å². The fourth-order valence-corrected chi connectivity index (χ4v) is 4.33. The minimum atomic E-state index is -0.828. The quantitative estimate of drug-likeness (QED) is 0.222. The molecular weight excluding hydrogens is 510 g/mol. The van der Waals surface area contributed by atoms with Crippen LogP contribution in [0.2, 0.25) is 0 Å². The summed E-state index contributed by atoms with van der Waals surface area (Å²) >= 11 is 3.46. The number of carbonyl (C=O) groups excluding carboxylic acids is 2. The summed E-state index contributed by atoms with van der Waals surface area (Å²) in [6, 6.07) is 18.7. The predicted octanol–water partition coefficient (Wildman–Crippen LogP) is 6.18. The standard InChI is InChI=1S/C28H26BrNO5/c1-4-14-35-21-11-8-18(9-12-21)25-24(26(31)19-10-13-23(29)17(2)15-19)27(32)28(33)30(25)20-6-5-7-22(16-20)34-3/h5-13,15-16,25,31H,4,14H2,1-3H3/b26-24+. The summed E-state index contributed by atoms with van der Waals surface area (Å²) < 4.78 is 11.9. The summed E-state index contributed by atoms with van der Waals surface area (Å²) in [6.45, 7) is 4.51. The molecule has 0 bridgehead atoms. The average Bonchev–Trinajstić information content (AvgIpc) is 3.14. The van der Waals surface area contributed by atoms with Crippen LogP contribution in [-0.2, 0) is 9.59 Å². The van der Waals surface area contributed by atoms with Crippen LogP contribution in [0.25, 0.3) is 5.76 Å². The van der Waals surface area contributed by atoms with Crippen LogP contribution in [0.4, 0.5) is 5.69 Å². The van der Waals surface area contributed by atoms with Gasteiger partial charge >= 0.3 is 0 Å². The van der Waals surface area contributed by atoms with Crippen molar-refractivity contribution < 1.29 is 24.2 Å². The second kappa shape index (κ2) is 10.4. The van der Waals surface area contributed by atoms with E-state index < -0.39 is 17.7 Å². The normalized spacial score (nSPS) is 17.0. The maximum atomic E-state index is 13.3. The molecule has 0 aromatic heterocycles. The molecule has 3 aromatic rings. The van der Waals surface area contributed by atoms with Gasteiger partial charge in [-0.25, -0.2) is 0 Å². The molecule has 0 spiro atoms. The first-order valence-electron chi connectivity index (χ1n) is 11.3. The van der Waals surface area contributed by atoms with Gasteiger partial charge in [-0.1, -0.05) is 47.1 Å². The number of benzene rings is 3. The van der Waals surface area contributed by atoms with Crippen LogP contribution in [0.1, 0.15) is 36.1 Å². The highest BCUT2D eigenvalue weighted by atomic mass is 79.9. The van der Waals surface area contributed by atoms with Crippen molar-refractivity contribution in [3.63, 3.8) is 0 Å². The Kier molecular flexibility index (Phi) is 7.26. The molecule has 1 aliphatic heterocycles. The molecule has 7 heteroatoms. The number of aryl methyl sites for hydroxylation is 1. The van der Waals surface area contributed by atoms with Crippen LogP contribution in [0.5, 0.6) is 11.5 Å². The number of nitrogens with zero attached hydrogens (tertiary/aromatic N) is 1. The molecule has 0 aliphatic carbocycles. The van der Waals surface area contributed by atoms with Crippen molar-refractivity contribution in [1.82, 2.24) is 0 Å². The number of amides is 1. The van der Waals surface area contributed by atoms with E-state index in [2.05, 4.69) is 15.9 Å². The van der Waals surface area contributed by atoms with Crippen molar-refractivity contribution in [1.29, 1.82) is 0 Å². The maximum Gasteiger partial charge on any atom is 0.300 e. The van der Waals surface area contributed by atoms with E-state index in [4.69, 9.17) is 9.47 Å². The first-order chi connectivity index (χ1) is 16.8. The lowest BCUT2D eigenvalue weighted by Gasteiger charge is -2.26. The van der Waals surface area contributed by atoms with E-state index in [0.29, 0.717) is 34.9 Å². The Morgan fingerprint density at radius 2 is 1.77 bits per heavy atom. The lowest BCUT2D eigenvalue weighted by atomic mass is 9.94. The van der Waals surface area contributed by atoms with Gasteiger partial charge in [-0.15, -0.1) is 0 Å². The molecule has 35 heavy (non-hydrogen) atoms. The van der Waals surface area contributed by atoms with Crippen LogP contribution < -0.4 is 14.4 Å². The van der Waals surface area contributed by atoms with Crippen LogP contribution in [-0.4, -0.2) is 30.5 Å². The number of ether oxygens (including phenoxy) is 2. The van der Waals surface area contributed by atoms with Crippen LogP contribution in [0.3, 0.4) is 0 Å². The summed E-state index contributed by atoms with van der Waals surface area (Å²) in [5, 5.41) is 11.3. The van der Waals surface area contributed by atoms with E-state index in [9.17, 15) is 14.7 Å². The third kappa shape index (κ3) is 4.82. The van der Waals surface area contributed by atoms with Crippen molar-refractivity contribution in [3.05, 3.63) is 93.5 Å². The fraction of sp³-hybridized carbons (Fsp3) is 0.214. The van der Waals surface area contributed by atoms with Gasteiger partial charge in [0.25, 0.3) is 11.7 Å². The first kappa shape index (κ1) is 24.5. The maximum absolute atomic E-state index is 13.3. The highest BCUT2D eigenvalue weighted by Gasteiger charge is 2.47. The van der Waals surface area contributed by atoms with Crippen LogP contribution >= 0.6 is 15.9 Å². The molecule has 6 nitrogen and oxygen atoms in total. The zero-order chi connectivity index (χ0) is 25.1. The number of aliphatic hydroxyl groups is 1. The summed E-state index contributed by atoms with van der Waals surface area (Å²) in [7, 11) is 1.54. The number of Topliss-reactive ketones (excluding diaryl/α,β-unsaturated/α-hetero) is 1. The summed E-state index contributed by atoms with van der Waals surface area (Å²) in [5.41, 5.74) is 2.55. The average molecular weight is 536 g/mol. The number of ketones is 1. The molecule has 1 amide bonds. The fourth-order valence-electron chi connectivity index (χ4n) is 4.09. The van der Waals surface area contributed by atoms with Gasteiger partial charge in [0, 0.05) is 21.8 Å². The second-order valence-corrected chi connectivity index (χ2v) is 9.11. The molecule has 4 rings (SSSR count). The number of rotatable bonds is 7. The molecule has 1 heterocycles. The van der Waals surface area contributed by atoms with Gasteiger partial charge in [-0.3, -0.25) is 14.5 Å². The Bertz CT molecular complexity index is 1300. The minimum absolute atomic E-state index is 0.0294. The van der Waals surface area contributed by atoms with Gasteiger partial charge in [-0.05, 0) is 60.9 Å². The van der Waals surface area contributed by atoms with Crippen molar-refractivity contribution in [2.24, 2.45) is 0 Å². The molecule has 1 saturated heterocycles. The van der Waals surface area contributed by atoms with Crippen molar-refractivity contribution in [2.75, 3.05) is 18.6 Å². The van der Waals surface area contributed by atoms with Crippen molar-refractivity contribution in [3.8, 4) is 11.5 Å². The zero-order valence-corrected chi connectivity index (χ0v) is 21.3. The third-order valence-electron chi connectivity index (χ3n) is 5.88. The topological polar surface area (TPSA) is 76.1 Å². The number of methoxy groups -OCH3 is 1. The number of halogens is 1. The lowest BCUT2D eigenvalue weighted by molar-refractivity contribution is -0.132. The molecule has 3 aromatic carbocycles. The second-order valence-electron chi connectivity index (χ2n) is 8.25. The monoisotopic (exact) mass is 535 g/mol. The largest absolute Gasteiger partial charge is 0.507 e. The van der Waals surface area contributed by atoms with Gasteiger partial charge in [0.2, 0.25) is 0 Å². The van der Waals surface area contributed by atoms with E-state index in [-0.39, 0.29) is 11.3 Å². The lowest BCUT2D eigenvalue weighted by Crippen LogP contribution is -2.29. The molecule has 1 aliphatic rings. The summed E-state index contributed by atoms with van der Waals surface area (Å²) in [6.07, 6.45) is 0.879. The highest BCUT2D eigenvalue weighted by molar-refractivity contribution is 9.10. The van der Waals surface area contributed by atoms with Crippen LogP contribution in [0, 0.1) is 6.92 Å². The Labute approximate surface area is 212 Å². The molecule has 1 fully saturated rings. The first-order valence-corrected chi connectivity index (χ1v) is 12.1. The highest BCUT2D eigenvalue weighted by Crippen LogP contribution is 2.43. The molecule has 1 atom stereocenters.